The van der Waals surface area contributed by atoms with Gasteiger partial charge >= 0.3 is 0 Å². The van der Waals surface area contributed by atoms with Crippen LogP contribution in [0.1, 0.15) is 0 Å². The van der Waals surface area contributed by atoms with Crippen LogP contribution in [0.15, 0.2) is 332 Å². The van der Waals surface area contributed by atoms with Crippen LogP contribution in [0.25, 0.3) is 95.3 Å². The fourth-order valence-corrected chi connectivity index (χ4v) is 19.6. The molecule has 1 unspecified atom stereocenters. The van der Waals surface area contributed by atoms with Crippen LogP contribution in [-0.2, 0) is 71.4 Å². The molecule has 102 heavy (non-hydrogen) atoms. The minimum absolute atomic E-state index is 0. The number of halogens is 2. The first-order valence-corrected chi connectivity index (χ1v) is 43.0. The Morgan fingerprint density at radius 3 is 0.931 bits per heavy atom. The highest BCUT2D eigenvalue weighted by Gasteiger charge is 2.40. The molecular formula is C84H57B4Br2N2PS9. The zero-order chi connectivity index (χ0) is 68.5. The zero-order valence-corrected chi connectivity index (χ0v) is 66.5. The van der Waals surface area contributed by atoms with Gasteiger partial charge in [-0.3, -0.25) is 0 Å². The normalized spacial score (nSPS) is 11.8. The molecule has 4 aromatic heterocycles. The third kappa shape index (κ3) is 12.8. The summed E-state index contributed by atoms with van der Waals surface area (Å²) in [5.41, 5.74) is 23.0. The number of thiophene rings is 2. The number of hydrogen-bond donors (Lipinski definition) is 0. The van der Waals surface area contributed by atoms with E-state index < -0.39 is 0 Å². The van der Waals surface area contributed by atoms with E-state index in [1.165, 1.54) is 173 Å². The number of nitrogens with zero attached hydrogens (tertiary/aromatic N) is 2. The first-order valence-electron chi connectivity index (χ1n) is 33.0. The SMILES string of the molecule is BrB1c2ccccc2B(c2ccccc2)c2ccccc21.Brc1cccc2sc3cccc(-n4c5ccccc5c5ccccc54)c3c12.P.S=S=S.S=S=S=S.c1ccc(B2c3ccccc3B(c3cccc4sc5cccc(-n6c7ccccc7c7ccccc76)c5c34)c3ccccc32)cc1. The molecule has 0 bridgehead atoms. The average Bonchev–Trinajstić information content (AvgIpc) is 1.47. The van der Waals surface area contributed by atoms with Crippen molar-refractivity contribution in [1.29, 1.82) is 0 Å². The fraction of sp³-hybridized carbons (Fsp3) is 0. The number of rotatable bonds is 5. The molecule has 18 heteroatoms. The molecule has 14 aromatic carbocycles. The second-order valence-electron chi connectivity index (χ2n) is 24.8. The van der Waals surface area contributed by atoms with E-state index >= 15 is 0 Å². The second-order valence-corrected chi connectivity index (χ2v) is 34.0. The summed E-state index contributed by atoms with van der Waals surface area (Å²) in [5.74, 6) is 0. The predicted molar refractivity (Wildman–Crippen MR) is 484 cm³/mol. The molecule has 0 amide bonds. The number of aromatic nitrogens is 2. The monoisotopic (exact) mass is 1610 g/mol. The van der Waals surface area contributed by atoms with Crippen LogP contribution in [0.4, 0.5) is 0 Å². The van der Waals surface area contributed by atoms with Gasteiger partial charge in [0, 0.05) is 132 Å². The van der Waals surface area contributed by atoms with Crippen LogP contribution < -0.4 is 60.1 Å². The first kappa shape index (κ1) is 70.0. The second kappa shape index (κ2) is 31.3. The maximum absolute atomic E-state index is 4.33. The van der Waals surface area contributed by atoms with E-state index in [0.717, 1.165) is 13.4 Å². The van der Waals surface area contributed by atoms with E-state index in [2.05, 4.69) is 413 Å². The van der Waals surface area contributed by atoms with Crippen molar-refractivity contribution in [3.63, 3.8) is 0 Å². The Hall–Kier alpha value is -7.69. The Morgan fingerprint density at radius 1 is 0.275 bits per heavy atom. The van der Waals surface area contributed by atoms with Crippen molar-refractivity contribution in [2.75, 3.05) is 0 Å². The van der Waals surface area contributed by atoms with Crippen molar-refractivity contribution in [3.8, 4) is 11.4 Å². The van der Waals surface area contributed by atoms with Crippen molar-refractivity contribution in [3.05, 3.63) is 332 Å². The zero-order valence-electron chi connectivity index (χ0n) is 54.5. The number of para-hydroxylation sites is 4. The van der Waals surface area contributed by atoms with Crippen LogP contribution >= 0.6 is 64.3 Å². The van der Waals surface area contributed by atoms with Crippen LogP contribution in [-0.4, -0.2) is 34.8 Å². The molecule has 0 aliphatic carbocycles. The van der Waals surface area contributed by atoms with E-state index in [0.29, 0.717) is 6.71 Å². The molecule has 0 saturated carbocycles. The Labute approximate surface area is 650 Å². The third-order valence-corrected chi connectivity index (χ3v) is 25.7. The minimum Gasteiger partial charge on any atom is -0.309 e. The molecule has 2 aliphatic rings. The molecule has 0 radical (unpaired) electrons. The summed E-state index contributed by atoms with van der Waals surface area (Å²) < 4.78 is 11.3. The van der Waals surface area contributed by atoms with Gasteiger partial charge in [0.25, 0.3) is 5.54 Å². The Bertz CT molecular complexity index is 6120. The summed E-state index contributed by atoms with van der Waals surface area (Å²) in [4.78, 5) is 0. The third-order valence-electron chi connectivity index (χ3n) is 19.6. The predicted octanol–water partition coefficient (Wildman–Crippen LogP) is 15.5. The van der Waals surface area contributed by atoms with Gasteiger partial charge in [0.1, 0.15) is 0 Å². The summed E-state index contributed by atoms with van der Waals surface area (Å²) in [6.07, 6.45) is 0. The smallest absolute Gasteiger partial charge is 0.286 e. The molecule has 6 heterocycles. The summed E-state index contributed by atoms with van der Waals surface area (Å²) >= 11 is 28.3. The van der Waals surface area contributed by atoms with E-state index in [-0.39, 0.29) is 28.9 Å². The number of hydrogen-bond acceptors (Lipinski definition) is 6. The molecule has 2 aliphatic heterocycles. The topological polar surface area (TPSA) is 9.86 Å². The van der Waals surface area contributed by atoms with Crippen LogP contribution in [0.5, 0.6) is 0 Å². The highest BCUT2D eigenvalue weighted by atomic mass is 79.9. The van der Waals surface area contributed by atoms with Gasteiger partial charge in [-0.2, -0.15) is 9.90 Å². The maximum Gasteiger partial charge on any atom is 0.286 e. The first-order chi connectivity index (χ1) is 49.9. The van der Waals surface area contributed by atoms with E-state index in [1.807, 2.05) is 22.7 Å². The standard InChI is InChI=1S/C42H27B2NS.C24H14BrNS.C18H13B2Br.H3P.S4.S3/c1-2-14-28(15-3-1)43-31-18-6-8-20-33(31)44(34-21-9-7-19-32(34)43)35-22-12-26-39-41(35)42-38(25-13-27-40(42)46-39)45-36-23-10-4-16-29(36)30-17-5-11-24-37(30)45;25-17-9-5-13-21-23(17)24-20(12-6-14-22(24)27-21)26-18-10-3-1-7-15(18)16-8-2-4-11-19(16)26;21-20-17-12-6-4-10-15(17)19(14-8-2-1-3-9-14)16-11-5-7-13-18(16)20;;1-3-4-2;1-3-2/h1-27H;1-14H;1-13H;1H3;;. The fourth-order valence-electron chi connectivity index (χ4n) is 15.8. The molecular weight excluding hydrogens is 1560 g/mol. The molecule has 0 saturated heterocycles. The largest absolute Gasteiger partial charge is 0.309 e. The molecule has 20 rings (SSSR count). The molecule has 0 spiro atoms. The molecule has 0 fully saturated rings. The van der Waals surface area contributed by atoms with Crippen LogP contribution in [0.3, 0.4) is 0 Å². The average molecular weight is 1620 g/mol. The van der Waals surface area contributed by atoms with Gasteiger partial charge in [0.05, 0.1) is 33.4 Å². The van der Waals surface area contributed by atoms with Crippen LogP contribution in [0, 0.1) is 0 Å². The van der Waals surface area contributed by atoms with E-state index in [9.17, 15) is 0 Å². The van der Waals surface area contributed by atoms with Gasteiger partial charge < -0.3 is 9.13 Å². The van der Waals surface area contributed by atoms with E-state index in [1.54, 1.807) is 0 Å². The summed E-state index contributed by atoms with van der Waals surface area (Å²) in [6, 6.07) is 120. The van der Waals surface area contributed by atoms with Crippen molar-refractivity contribution >= 4 is 305 Å². The summed E-state index contributed by atoms with van der Waals surface area (Å²) in [6.45, 7) is 0.656. The van der Waals surface area contributed by atoms with Gasteiger partial charge in [-0.05, 0) is 72.1 Å². The Balaban J connectivity index is 0.000000127. The maximum atomic E-state index is 4.33. The lowest BCUT2D eigenvalue weighted by molar-refractivity contribution is 1.20. The minimum atomic E-state index is 0. The Morgan fingerprint density at radius 2 is 0.549 bits per heavy atom. The lowest BCUT2D eigenvalue weighted by Gasteiger charge is -2.32. The van der Waals surface area contributed by atoms with Crippen molar-refractivity contribution < 1.29 is 0 Å². The Kier molecular flexibility index (Phi) is 21.5. The summed E-state index contributed by atoms with van der Waals surface area (Å²) in [7, 11) is 3.26. The molecule has 488 valence electrons. The lowest BCUT2D eigenvalue weighted by Crippen LogP contribution is -2.74. The van der Waals surface area contributed by atoms with E-state index in [4.69, 9.17) is 0 Å². The molecule has 2 nitrogen and oxygen atoms in total. The van der Waals surface area contributed by atoms with Gasteiger partial charge in [-0.1, -0.05) is 337 Å². The van der Waals surface area contributed by atoms with Gasteiger partial charge in [0.15, 0.2) is 0 Å². The lowest BCUT2D eigenvalue weighted by atomic mass is 9.21. The number of fused-ring (bicyclic) bond motifs is 16. The van der Waals surface area contributed by atoms with Crippen molar-refractivity contribution in [1.82, 2.24) is 9.13 Å². The highest BCUT2D eigenvalue weighted by molar-refractivity contribution is 9.25. The molecule has 1 atom stereocenters. The number of benzene rings is 14. The van der Waals surface area contributed by atoms with Gasteiger partial charge in [0.2, 0.25) is 20.1 Å². The highest BCUT2D eigenvalue weighted by Crippen LogP contribution is 2.44. The summed E-state index contributed by atoms with van der Waals surface area (Å²) in [5, 5.41) is 10.5. The van der Waals surface area contributed by atoms with Crippen molar-refractivity contribution in [2.24, 2.45) is 0 Å². The van der Waals surface area contributed by atoms with Crippen LogP contribution in [0.2, 0.25) is 0 Å². The molecule has 18 aromatic rings. The molecule has 0 N–H and O–H groups in total. The van der Waals surface area contributed by atoms with Gasteiger partial charge in [-0.15, -0.1) is 38.4 Å². The van der Waals surface area contributed by atoms with Crippen molar-refractivity contribution in [2.45, 2.75) is 0 Å². The quantitative estimate of drug-likeness (QED) is 0.125. The van der Waals surface area contributed by atoms with Gasteiger partial charge in [-0.25, -0.2) is 0 Å².